The third-order valence-corrected chi connectivity index (χ3v) is 2.43. The van der Waals surface area contributed by atoms with Crippen molar-refractivity contribution in [1.29, 1.82) is 0 Å². The minimum Gasteiger partial charge on any atom is -0.443 e. The van der Waals surface area contributed by atoms with E-state index in [9.17, 15) is 9.59 Å². The lowest BCUT2D eigenvalue weighted by Crippen LogP contribution is -2.33. The summed E-state index contributed by atoms with van der Waals surface area (Å²) in [7, 11) is 0. The van der Waals surface area contributed by atoms with Gasteiger partial charge in [0.25, 0.3) is 0 Å². The average Bonchev–Trinajstić information content (AvgIpc) is 2.25. The molecule has 6 nitrogen and oxygen atoms in total. The van der Waals surface area contributed by atoms with Crippen molar-refractivity contribution in [1.82, 2.24) is 4.98 Å². The first-order valence-electron chi connectivity index (χ1n) is 5.95. The molecule has 3 N–H and O–H groups in total. The summed E-state index contributed by atoms with van der Waals surface area (Å²) < 4.78 is 5.05. The van der Waals surface area contributed by atoms with Crippen molar-refractivity contribution in [2.45, 2.75) is 32.8 Å². The number of carbonyl (C=O) groups excluding carboxylic acids is 2. The topological polar surface area (TPSA) is 94.3 Å². The maximum Gasteiger partial charge on any atom is 0.405 e. The molecular formula is C13H19N3O3. The lowest BCUT2D eigenvalue weighted by molar-refractivity contribution is -0.115. The number of Topliss-reactive ketones (excluding diaryl/α,β-unsaturated/α-hetero) is 1. The molecule has 0 bridgehead atoms. The molecule has 1 amide bonds. The second-order valence-electron chi connectivity index (χ2n) is 4.95. The Hall–Kier alpha value is -2.11. The molecule has 0 aliphatic rings. The fourth-order valence-corrected chi connectivity index (χ4v) is 1.72. The second kappa shape index (κ2) is 6.17. The normalized spacial score (nSPS) is 10.9. The third-order valence-electron chi connectivity index (χ3n) is 2.43. The number of hydrogen-bond acceptors (Lipinski definition) is 5. The van der Waals surface area contributed by atoms with Crippen molar-refractivity contribution in [2.24, 2.45) is 5.73 Å². The van der Waals surface area contributed by atoms with Gasteiger partial charge in [-0.15, -0.1) is 0 Å². The molecule has 0 aliphatic heterocycles. The molecule has 0 radical (unpaired) electrons. The van der Waals surface area contributed by atoms with Gasteiger partial charge >= 0.3 is 6.09 Å². The molecule has 1 rings (SSSR count). The molecule has 0 fully saturated rings. The zero-order valence-corrected chi connectivity index (χ0v) is 11.4. The van der Waals surface area contributed by atoms with Crippen molar-refractivity contribution in [2.75, 3.05) is 11.9 Å². The van der Waals surface area contributed by atoms with Crippen LogP contribution in [0.15, 0.2) is 18.5 Å². The van der Waals surface area contributed by atoms with Gasteiger partial charge in [-0.25, -0.2) is 4.79 Å². The summed E-state index contributed by atoms with van der Waals surface area (Å²) in [4.78, 5) is 25.8. The second-order valence-corrected chi connectivity index (χ2v) is 4.95. The van der Waals surface area contributed by atoms with E-state index < -0.39 is 11.7 Å². The smallest absolute Gasteiger partial charge is 0.405 e. The highest BCUT2D eigenvalue weighted by molar-refractivity contribution is 5.80. The Balaban J connectivity index is 2.82. The van der Waals surface area contributed by atoms with Crippen LogP contribution in [-0.4, -0.2) is 29.0 Å². The standard InChI is InChI=1S/C13H19N3O3/c1-9(17)7-16-11-8-15-5-4-10(11)6-13(2,3)19-12(14)18/h4-5,8,16H,6-7H2,1-3H3,(H2,14,18). The van der Waals surface area contributed by atoms with E-state index in [0.29, 0.717) is 6.42 Å². The molecule has 0 saturated heterocycles. The van der Waals surface area contributed by atoms with Crippen LogP contribution in [0.1, 0.15) is 26.3 Å². The van der Waals surface area contributed by atoms with E-state index in [1.165, 1.54) is 6.92 Å². The predicted octanol–water partition coefficient (Wildman–Crippen LogP) is 1.50. The van der Waals surface area contributed by atoms with E-state index >= 15 is 0 Å². The molecule has 6 heteroatoms. The highest BCUT2D eigenvalue weighted by atomic mass is 16.6. The fourth-order valence-electron chi connectivity index (χ4n) is 1.72. The minimum absolute atomic E-state index is 0.0300. The molecule has 19 heavy (non-hydrogen) atoms. The van der Waals surface area contributed by atoms with Crippen molar-refractivity contribution < 1.29 is 14.3 Å². The van der Waals surface area contributed by atoms with Gasteiger partial charge in [0.2, 0.25) is 0 Å². The maximum absolute atomic E-state index is 11.0. The number of ketones is 1. The number of carbonyl (C=O) groups is 2. The van der Waals surface area contributed by atoms with Crippen LogP contribution in [0, 0.1) is 0 Å². The van der Waals surface area contributed by atoms with Crippen molar-refractivity contribution >= 4 is 17.6 Å². The number of rotatable bonds is 6. The van der Waals surface area contributed by atoms with Crippen LogP contribution in [0.25, 0.3) is 0 Å². The van der Waals surface area contributed by atoms with E-state index in [0.717, 1.165) is 11.3 Å². The van der Waals surface area contributed by atoms with Crippen LogP contribution >= 0.6 is 0 Å². The summed E-state index contributed by atoms with van der Waals surface area (Å²) >= 11 is 0. The number of nitrogens with one attached hydrogen (secondary N) is 1. The molecule has 104 valence electrons. The molecule has 0 saturated carbocycles. The first kappa shape index (κ1) is 14.9. The number of primary amides is 1. The van der Waals surface area contributed by atoms with Crippen LogP contribution in [0.2, 0.25) is 0 Å². The molecule has 0 spiro atoms. The molecule has 0 aromatic carbocycles. The van der Waals surface area contributed by atoms with Crippen molar-refractivity contribution in [3.05, 3.63) is 24.0 Å². The number of pyridine rings is 1. The van der Waals surface area contributed by atoms with Gasteiger partial charge in [-0.1, -0.05) is 0 Å². The van der Waals surface area contributed by atoms with Crippen LogP contribution in [0.4, 0.5) is 10.5 Å². The number of amides is 1. The first-order chi connectivity index (χ1) is 8.80. The number of ether oxygens (including phenoxy) is 1. The summed E-state index contributed by atoms with van der Waals surface area (Å²) in [5, 5.41) is 3.00. The third kappa shape index (κ3) is 5.37. The number of hydrogen-bond donors (Lipinski definition) is 2. The molecule has 1 heterocycles. The van der Waals surface area contributed by atoms with E-state index in [1.54, 1.807) is 26.2 Å². The minimum atomic E-state index is -0.808. The average molecular weight is 265 g/mol. The molecular weight excluding hydrogens is 246 g/mol. The van der Waals surface area contributed by atoms with Gasteiger partial charge in [-0.05, 0) is 32.4 Å². The molecule has 0 atom stereocenters. The monoisotopic (exact) mass is 265 g/mol. The lowest BCUT2D eigenvalue weighted by Gasteiger charge is -2.25. The Morgan fingerprint density at radius 2 is 2.16 bits per heavy atom. The van der Waals surface area contributed by atoms with Gasteiger partial charge in [0.15, 0.2) is 0 Å². The Morgan fingerprint density at radius 1 is 1.47 bits per heavy atom. The zero-order chi connectivity index (χ0) is 14.5. The van der Waals surface area contributed by atoms with Gasteiger partial charge in [0.05, 0.1) is 18.4 Å². The lowest BCUT2D eigenvalue weighted by atomic mass is 9.98. The quantitative estimate of drug-likeness (QED) is 0.812. The number of anilines is 1. The summed E-state index contributed by atoms with van der Waals surface area (Å²) in [6, 6.07) is 1.81. The highest BCUT2D eigenvalue weighted by Gasteiger charge is 2.23. The van der Waals surface area contributed by atoms with Crippen LogP contribution < -0.4 is 11.1 Å². The molecule has 1 aromatic rings. The van der Waals surface area contributed by atoms with Crippen LogP contribution in [-0.2, 0) is 16.0 Å². The van der Waals surface area contributed by atoms with Crippen LogP contribution in [0.3, 0.4) is 0 Å². The van der Waals surface area contributed by atoms with Crippen LogP contribution in [0.5, 0.6) is 0 Å². The summed E-state index contributed by atoms with van der Waals surface area (Å²) in [5.41, 5.74) is 5.97. The molecule has 1 aromatic heterocycles. The molecule has 0 unspecified atom stereocenters. The summed E-state index contributed by atoms with van der Waals surface area (Å²) in [6.45, 7) is 5.28. The number of nitrogens with two attached hydrogens (primary N) is 1. The Bertz CT molecular complexity index is 472. The Morgan fingerprint density at radius 3 is 2.74 bits per heavy atom. The van der Waals surface area contributed by atoms with Gasteiger partial charge in [0, 0.05) is 12.6 Å². The predicted molar refractivity (Wildman–Crippen MR) is 71.9 cm³/mol. The van der Waals surface area contributed by atoms with E-state index in [1.807, 2.05) is 6.07 Å². The SMILES string of the molecule is CC(=O)CNc1cnccc1CC(C)(C)OC(N)=O. The van der Waals surface area contributed by atoms with Gasteiger partial charge < -0.3 is 15.8 Å². The number of nitrogens with zero attached hydrogens (tertiary/aromatic N) is 1. The van der Waals surface area contributed by atoms with Gasteiger partial charge in [-0.2, -0.15) is 0 Å². The Labute approximate surface area is 112 Å². The number of aromatic nitrogens is 1. The first-order valence-corrected chi connectivity index (χ1v) is 5.95. The summed E-state index contributed by atoms with van der Waals surface area (Å²) in [5.74, 6) is 0.0300. The summed E-state index contributed by atoms with van der Waals surface area (Å²) in [6.07, 6.45) is 2.95. The van der Waals surface area contributed by atoms with Gasteiger partial charge in [-0.3, -0.25) is 9.78 Å². The van der Waals surface area contributed by atoms with E-state index in [4.69, 9.17) is 10.5 Å². The van der Waals surface area contributed by atoms with Gasteiger partial charge in [0.1, 0.15) is 11.4 Å². The fraction of sp³-hybridized carbons (Fsp3) is 0.462. The van der Waals surface area contributed by atoms with Crippen molar-refractivity contribution in [3.63, 3.8) is 0 Å². The van der Waals surface area contributed by atoms with E-state index in [2.05, 4.69) is 10.3 Å². The van der Waals surface area contributed by atoms with Crippen molar-refractivity contribution in [3.8, 4) is 0 Å². The largest absolute Gasteiger partial charge is 0.443 e. The Kier molecular flexibility index (Phi) is 4.86. The maximum atomic E-state index is 11.0. The molecule has 0 aliphatic carbocycles. The zero-order valence-electron chi connectivity index (χ0n) is 11.4. The highest BCUT2D eigenvalue weighted by Crippen LogP contribution is 2.22. The van der Waals surface area contributed by atoms with E-state index in [-0.39, 0.29) is 12.3 Å².